The summed E-state index contributed by atoms with van der Waals surface area (Å²) in [5, 5.41) is 3.32. The Kier molecular flexibility index (Phi) is 4.67. The first-order valence-electron chi connectivity index (χ1n) is 7.01. The van der Waals surface area contributed by atoms with E-state index in [0.29, 0.717) is 17.4 Å². The molecule has 1 atom stereocenters. The van der Waals surface area contributed by atoms with Gasteiger partial charge < -0.3 is 11.1 Å². The van der Waals surface area contributed by atoms with Crippen molar-refractivity contribution in [1.29, 1.82) is 0 Å². The van der Waals surface area contributed by atoms with Crippen LogP contribution in [-0.2, 0) is 10.0 Å². The Morgan fingerprint density at radius 3 is 2.30 bits per heavy atom. The minimum Gasteiger partial charge on any atom is -0.381 e. The molecule has 0 bridgehead atoms. The van der Waals surface area contributed by atoms with Crippen LogP contribution in [0.3, 0.4) is 0 Å². The number of rotatable bonds is 7. The van der Waals surface area contributed by atoms with E-state index in [4.69, 9.17) is 5.73 Å². The van der Waals surface area contributed by atoms with Gasteiger partial charge in [-0.3, -0.25) is 0 Å². The van der Waals surface area contributed by atoms with E-state index in [1.807, 2.05) is 0 Å². The fraction of sp³-hybridized carbons (Fsp3) is 0.571. The van der Waals surface area contributed by atoms with E-state index in [-0.39, 0.29) is 12.1 Å². The van der Waals surface area contributed by atoms with Gasteiger partial charge in [-0.2, -0.15) is 0 Å². The van der Waals surface area contributed by atoms with Crippen LogP contribution < -0.4 is 15.8 Å². The second-order valence-electron chi connectivity index (χ2n) is 5.65. The van der Waals surface area contributed by atoms with Gasteiger partial charge >= 0.3 is 0 Å². The normalized spacial score (nSPS) is 17.2. The molecule has 112 valence electrons. The molecule has 0 radical (unpaired) electrons. The number of anilines is 1. The smallest absolute Gasteiger partial charge is 0.240 e. The Morgan fingerprint density at radius 1 is 1.25 bits per heavy atom. The fourth-order valence-corrected chi connectivity index (χ4v) is 3.24. The van der Waals surface area contributed by atoms with Crippen molar-refractivity contribution in [1.82, 2.24) is 4.72 Å². The van der Waals surface area contributed by atoms with Gasteiger partial charge in [0.1, 0.15) is 0 Å². The first-order valence-corrected chi connectivity index (χ1v) is 8.49. The number of benzene rings is 1. The number of nitrogens with two attached hydrogens (primary N) is 1. The number of hydrogen-bond acceptors (Lipinski definition) is 4. The van der Waals surface area contributed by atoms with Gasteiger partial charge in [0, 0.05) is 24.3 Å². The van der Waals surface area contributed by atoms with Crippen LogP contribution in [0.2, 0.25) is 0 Å². The standard InChI is InChI=1S/C14H23N3O2S/c1-10(2)14(9-15)16-11-5-7-13(8-6-11)20(18,19)17-12-3-4-12/h5-8,10,12,14,16-17H,3-4,9,15H2,1-2H3. The van der Waals surface area contributed by atoms with Crippen molar-refractivity contribution in [3.05, 3.63) is 24.3 Å². The molecule has 1 aromatic rings. The van der Waals surface area contributed by atoms with Crippen molar-refractivity contribution in [2.45, 2.75) is 43.7 Å². The molecule has 1 unspecified atom stereocenters. The molecule has 0 heterocycles. The lowest BCUT2D eigenvalue weighted by Gasteiger charge is -2.21. The van der Waals surface area contributed by atoms with Gasteiger partial charge in [0.05, 0.1) is 4.90 Å². The molecule has 0 saturated heterocycles. The molecule has 2 rings (SSSR count). The quantitative estimate of drug-likeness (QED) is 0.712. The monoisotopic (exact) mass is 297 g/mol. The van der Waals surface area contributed by atoms with Crippen LogP contribution in [0, 0.1) is 5.92 Å². The molecule has 1 saturated carbocycles. The van der Waals surface area contributed by atoms with Gasteiger partial charge in [-0.25, -0.2) is 13.1 Å². The summed E-state index contributed by atoms with van der Waals surface area (Å²) in [4.78, 5) is 0.309. The fourth-order valence-electron chi connectivity index (χ4n) is 1.93. The Hall–Kier alpha value is -1.11. The number of hydrogen-bond donors (Lipinski definition) is 3. The lowest BCUT2D eigenvalue weighted by molar-refractivity contribution is 0.531. The minimum absolute atomic E-state index is 0.125. The van der Waals surface area contributed by atoms with E-state index in [1.54, 1.807) is 24.3 Å². The van der Waals surface area contributed by atoms with E-state index < -0.39 is 10.0 Å². The van der Waals surface area contributed by atoms with Crippen LogP contribution in [0.4, 0.5) is 5.69 Å². The largest absolute Gasteiger partial charge is 0.381 e. The van der Waals surface area contributed by atoms with Crippen molar-refractivity contribution in [2.24, 2.45) is 11.7 Å². The molecule has 1 fully saturated rings. The summed E-state index contributed by atoms with van der Waals surface area (Å²) < 4.78 is 26.7. The summed E-state index contributed by atoms with van der Waals surface area (Å²) in [5.41, 5.74) is 6.60. The molecule has 0 aliphatic heterocycles. The molecule has 20 heavy (non-hydrogen) atoms. The highest BCUT2D eigenvalue weighted by Gasteiger charge is 2.27. The highest BCUT2D eigenvalue weighted by molar-refractivity contribution is 7.89. The Labute approximate surface area is 121 Å². The van der Waals surface area contributed by atoms with Crippen molar-refractivity contribution >= 4 is 15.7 Å². The second-order valence-corrected chi connectivity index (χ2v) is 7.36. The van der Waals surface area contributed by atoms with Crippen molar-refractivity contribution in [3.8, 4) is 0 Å². The molecule has 0 spiro atoms. The van der Waals surface area contributed by atoms with Crippen molar-refractivity contribution in [2.75, 3.05) is 11.9 Å². The molecular formula is C14H23N3O2S. The van der Waals surface area contributed by atoms with E-state index in [0.717, 1.165) is 18.5 Å². The van der Waals surface area contributed by atoms with E-state index in [1.165, 1.54) is 0 Å². The zero-order chi connectivity index (χ0) is 14.8. The first-order chi connectivity index (χ1) is 9.42. The highest BCUT2D eigenvalue weighted by Crippen LogP contribution is 2.23. The van der Waals surface area contributed by atoms with E-state index in [9.17, 15) is 8.42 Å². The van der Waals surface area contributed by atoms with Crippen LogP contribution in [0.1, 0.15) is 26.7 Å². The third kappa shape index (κ3) is 3.94. The predicted molar refractivity (Wildman–Crippen MR) is 81.1 cm³/mol. The highest BCUT2D eigenvalue weighted by atomic mass is 32.2. The molecular weight excluding hydrogens is 274 g/mol. The molecule has 5 nitrogen and oxygen atoms in total. The lowest BCUT2D eigenvalue weighted by Crippen LogP contribution is -2.33. The zero-order valence-corrected chi connectivity index (χ0v) is 12.8. The minimum atomic E-state index is -3.37. The molecule has 0 aromatic heterocycles. The maximum Gasteiger partial charge on any atom is 0.240 e. The van der Waals surface area contributed by atoms with Gasteiger partial charge in [-0.15, -0.1) is 0 Å². The van der Waals surface area contributed by atoms with Crippen LogP contribution >= 0.6 is 0 Å². The van der Waals surface area contributed by atoms with Crippen LogP contribution in [0.15, 0.2) is 29.2 Å². The van der Waals surface area contributed by atoms with Gasteiger partial charge in [0.2, 0.25) is 10.0 Å². The van der Waals surface area contributed by atoms with Gasteiger partial charge in [-0.05, 0) is 43.0 Å². The molecule has 0 amide bonds. The maximum absolute atomic E-state index is 12.0. The lowest BCUT2D eigenvalue weighted by atomic mass is 10.0. The van der Waals surface area contributed by atoms with E-state index >= 15 is 0 Å². The second kappa shape index (κ2) is 6.11. The van der Waals surface area contributed by atoms with Crippen LogP contribution in [-0.4, -0.2) is 27.0 Å². The molecule has 1 aliphatic rings. The summed E-state index contributed by atoms with van der Waals surface area (Å²) >= 11 is 0. The zero-order valence-electron chi connectivity index (χ0n) is 12.0. The predicted octanol–water partition coefficient (Wildman–Crippen LogP) is 1.52. The van der Waals surface area contributed by atoms with Gasteiger partial charge in [0.15, 0.2) is 0 Å². The summed E-state index contributed by atoms with van der Waals surface area (Å²) in [6.45, 7) is 4.74. The number of nitrogens with one attached hydrogen (secondary N) is 2. The van der Waals surface area contributed by atoms with Crippen molar-refractivity contribution < 1.29 is 8.42 Å². The third-order valence-corrected chi connectivity index (χ3v) is 5.01. The Bertz CT molecular complexity index is 536. The molecule has 1 aliphatic carbocycles. The average Bonchev–Trinajstić information content (AvgIpc) is 3.19. The third-order valence-electron chi connectivity index (χ3n) is 3.47. The Balaban J connectivity index is 2.05. The SMILES string of the molecule is CC(C)C(CN)Nc1ccc(S(=O)(=O)NC2CC2)cc1. The average molecular weight is 297 g/mol. The summed E-state index contributed by atoms with van der Waals surface area (Å²) in [6.07, 6.45) is 1.87. The van der Waals surface area contributed by atoms with Crippen LogP contribution in [0.5, 0.6) is 0 Å². The van der Waals surface area contributed by atoms with Crippen LogP contribution in [0.25, 0.3) is 0 Å². The molecule has 1 aromatic carbocycles. The molecule has 4 N–H and O–H groups in total. The topological polar surface area (TPSA) is 84.2 Å². The number of sulfonamides is 1. The summed E-state index contributed by atoms with van der Waals surface area (Å²) in [5.74, 6) is 0.417. The van der Waals surface area contributed by atoms with Gasteiger partial charge in [0.25, 0.3) is 0 Å². The Morgan fingerprint density at radius 2 is 1.85 bits per heavy atom. The van der Waals surface area contributed by atoms with Gasteiger partial charge in [-0.1, -0.05) is 13.8 Å². The first kappa shape index (κ1) is 15.3. The maximum atomic E-state index is 12.0. The van der Waals surface area contributed by atoms with E-state index in [2.05, 4.69) is 23.9 Å². The summed E-state index contributed by atoms with van der Waals surface area (Å²) in [7, 11) is -3.37. The molecule has 6 heteroatoms. The summed E-state index contributed by atoms with van der Waals surface area (Å²) in [6, 6.07) is 7.13. The van der Waals surface area contributed by atoms with Crippen molar-refractivity contribution in [3.63, 3.8) is 0 Å².